The average molecular weight is 318 g/mol. The predicted octanol–water partition coefficient (Wildman–Crippen LogP) is 2.25. The van der Waals surface area contributed by atoms with Gasteiger partial charge in [0.25, 0.3) is 0 Å². The molecule has 0 aromatic carbocycles. The number of guanidine groups is 1. The van der Waals surface area contributed by atoms with Gasteiger partial charge in [0, 0.05) is 26.6 Å². The van der Waals surface area contributed by atoms with Gasteiger partial charge in [0.1, 0.15) is 5.82 Å². The van der Waals surface area contributed by atoms with Gasteiger partial charge in [-0.25, -0.2) is 0 Å². The van der Waals surface area contributed by atoms with Crippen LogP contribution in [0, 0.1) is 5.41 Å². The maximum atomic E-state index is 4.37. The Kier molecular flexibility index (Phi) is 5.18. The van der Waals surface area contributed by atoms with E-state index in [0.29, 0.717) is 12.0 Å². The fourth-order valence-corrected chi connectivity index (χ4v) is 3.66. The van der Waals surface area contributed by atoms with Crippen LogP contribution in [0.25, 0.3) is 0 Å². The van der Waals surface area contributed by atoms with E-state index in [4.69, 9.17) is 0 Å². The molecular weight excluding hydrogens is 288 g/mol. The minimum atomic E-state index is 0.490. The number of aryl methyl sites for hydroxylation is 1. The van der Waals surface area contributed by atoms with E-state index in [1.807, 2.05) is 7.05 Å². The van der Waals surface area contributed by atoms with Crippen molar-refractivity contribution in [2.24, 2.45) is 10.4 Å². The Hall–Kier alpha value is -1.59. The van der Waals surface area contributed by atoms with Gasteiger partial charge < -0.3 is 15.2 Å². The first kappa shape index (κ1) is 16.3. The molecule has 1 aromatic heterocycles. The Balaban J connectivity index is 1.53. The second-order valence-electron chi connectivity index (χ2n) is 6.98. The molecule has 0 radical (unpaired) electrons. The number of hydrogen-bond donors (Lipinski definition) is 2. The van der Waals surface area contributed by atoms with Gasteiger partial charge in [-0.1, -0.05) is 19.8 Å². The van der Waals surface area contributed by atoms with Crippen LogP contribution in [0.1, 0.15) is 63.5 Å². The van der Waals surface area contributed by atoms with Crippen molar-refractivity contribution in [2.75, 3.05) is 13.6 Å². The first-order valence-electron chi connectivity index (χ1n) is 9.12. The first-order valence-corrected chi connectivity index (χ1v) is 9.12. The Labute approximate surface area is 139 Å². The van der Waals surface area contributed by atoms with Crippen LogP contribution in [0.4, 0.5) is 0 Å². The summed E-state index contributed by atoms with van der Waals surface area (Å²) < 4.78 is 2.28. The molecule has 128 valence electrons. The van der Waals surface area contributed by atoms with Crippen LogP contribution in [0.2, 0.25) is 0 Å². The summed E-state index contributed by atoms with van der Waals surface area (Å²) in [6.07, 6.45) is 10.1. The minimum Gasteiger partial charge on any atom is -0.356 e. The third kappa shape index (κ3) is 3.67. The summed E-state index contributed by atoms with van der Waals surface area (Å²) in [7, 11) is 1.83. The van der Waals surface area contributed by atoms with Crippen LogP contribution in [0.15, 0.2) is 4.99 Å². The maximum Gasteiger partial charge on any atom is 0.191 e. The molecule has 1 saturated carbocycles. The van der Waals surface area contributed by atoms with Crippen molar-refractivity contribution in [2.45, 2.75) is 71.4 Å². The van der Waals surface area contributed by atoms with Crippen molar-refractivity contribution in [3.8, 4) is 0 Å². The van der Waals surface area contributed by atoms with Gasteiger partial charge in [-0.15, -0.1) is 10.2 Å². The predicted molar refractivity (Wildman–Crippen MR) is 92.4 cm³/mol. The Bertz CT molecular complexity index is 538. The van der Waals surface area contributed by atoms with E-state index in [2.05, 4.69) is 37.3 Å². The van der Waals surface area contributed by atoms with E-state index in [1.54, 1.807) is 0 Å². The molecule has 0 atom stereocenters. The summed E-state index contributed by atoms with van der Waals surface area (Å²) in [5, 5.41) is 15.6. The van der Waals surface area contributed by atoms with E-state index >= 15 is 0 Å². The third-order valence-electron chi connectivity index (χ3n) is 5.62. The second-order valence-corrected chi connectivity index (χ2v) is 6.98. The van der Waals surface area contributed by atoms with Crippen LogP contribution in [-0.4, -0.2) is 34.3 Å². The zero-order chi connectivity index (χ0) is 16.1. The van der Waals surface area contributed by atoms with Crippen molar-refractivity contribution in [1.82, 2.24) is 25.4 Å². The van der Waals surface area contributed by atoms with Crippen molar-refractivity contribution in [3.05, 3.63) is 11.6 Å². The van der Waals surface area contributed by atoms with Crippen molar-refractivity contribution in [1.29, 1.82) is 0 Å². The molecule has 6 nitrogen and oxygen atoms in total. The molecule has 3 rings (SSSR count). The van der Waals surface area contributed by atoms with Gasteiger partial charge >= 0.3 is 0 Å². The fraction of sp³-hybridized carbons (Fsp3) is 0.824. The van der Waals surface area contributed by atoms with Crippen molar-refractivity contribution in [3.63, 3.8) is 0 Å². The SMILES string of the molecule is CCC1(CNC(=NC)NCc2nnc3n2CCCCC3)CCC1. The third-order valence-corrected chi connectivity index (χ3v) is 5.62. The van der Waals surface area contributed by atoms with Gasteiger partial charge in [0.05, 0.1) is 6.54 Å². The van der Waals surface area contributed by atoms with E-state index < -0.39 is 0 Å². The van der Waals surface area contributed by atoms with Crippen LogP contribution in [0.3, 0.4) is 0 Å². The number of nitrogens with zero attached hydrogens (tertiary/aromatic N) is 4. The average Bonchev–Trinajstić information content (AvgIpc) is 2.77. The van der Waals surface area contributed by atoms with Crippen LogP contribution >= 0.6 is 0 Å². The van der Waals surface area contributed by atoms with E-state index in [0.717, 1.165) is 37.1 Å². The highest BCUT2D eigenvalue weighted by atomic mass is 15.3. The standard InChI is InChI=1S/C17H30N6/c1-3-17(9-7-10-17)13-20-16(18-2)19-12-15-22-21-14-8-5-4-6-11-23(14)15/h3-13H2,1-2H3,(H2,18,19,20). The molecule has 1 aromatic rings. The minimum absolute atomic E-state index is 0.490. The smallest absolute Gasteiger partial charge is 0.191 e. The molecule has 1 aliphatic heterocycles. The van der Waals surface area contributed by atoms with Crippen LogP contribution < -0.4 is 10.6 Å². The van der Waals surface area contributed by atoms with Crippen molar-refractivity contribution >= 4 is 5.96 Å². The first-order chi connectivity index (χ1) is 11.3. The molecule has 0 bridgehead atoms. The highest BCUT2D eigenvalue weighted by molar-refractivity contribution is 5.79. The zero-order valence-electron chi connectivity index (χ0n) is 14.6. The van der Waals surface area contributed by atoms with Gasteiger partial charge in [-0.3, -0.25) is 4.99 Å². The quantitative estimate of drug-likeness (QED) is 0.645. The molecule has 1 aliphatic carbocycles. The molecule has 0 amide bonds. The normalized spacial score (nSPS) is 20.3. The number of nitrogens with one attached hydrogen (secondary N) is 2. The number of aromatic nitrogens is 3. The maximum absolute atomic E-state index is 4.37. The molecule has 1 fully saturated rings. The second kappa shape index (κ2) is 7.32. The summed E-state index contributed by atoms with van der Waals surface area (Å²) in [6.45, 7) is 5.04. The molecule has 23 heavy (non-hydrogen) atoms. The van der Waals surface area contributed by atoms with E-state index in [1.165, 1.54) is 44.9 Å². The Morgan fingerprint density at radius 3 is 2.74 bits per heavy atom. The van der Waals surface area contributed by atoms with Crippen molar-refractivity contribution < 1.29 is 0 Å². The zero-order valence-corrected chi connectivity index (χ0v) is 14.6. The number of fused-ring (bicyclic) bond motifs is 1. The summed E-state index contributed by atoms with van der Waals surface area (Å²) in [6, 6.07) is 0. The van der Waals surface area contributed by atoms with Gasteiger partial charge in [0.15, 0.2) is 11.8 Å². The molecule has 6 heteroatoms. The number of hydrogen-bond acceptors (Lipinski definition) is 3. The summed E-state index contributed by atoms with van der Waals surface area (Å²) in [5.74, 6) is 3.04. The topological polar surface area (TPSA) is 67.1 Å². The molecule has 2 aliphatic rings. The molecule has 0 saturated heterocycles. The highest BCUT2D eigenvalue weighted by Crippen LogP contribution is 2.42. The van der Waals surface area contributed by atoms with E-state index in [9.17, 15) is 0 Å². The molecule has 2 heterocycles. The molecule has 2 N–H and O–H groups in total. The lowest BCUT2D eigenvalue weighted by molar-refractivity contribution is 0.131. The summed E-state index contributed by atoms with van der Waals surface area (Å²) >= 11 is 0. The monoisotopic (exact) mass is 318 g/mol. The molecular formula is C17H30N6. The van der Waals surface area contributed by atoms with Crippen LogP contribution in [-0.2, 0) is 19.5 Å². The van der Waals surface area contributed by atoms with Crippen LogP contribution in [0.5, 0.6) is 0 Å². The largest absolute Gasteiger partial charge is 0.356 e. The summed E-state index contributed by atoms with van der Waals surface area (Å²) in [5.41, 5.74) is 0.490. The highest BCUT2D eigenvalue weighted by Gasteiger charge is 2.34. The fourth-order valence-electron chi connectivity index (χ4n) is 3.66. The Morgan fingerprint density at radius 1 is 1.17 bits per heavy atom. The molecule has 0 unspecified atom stereocenters. The van der Waals surface area contributed by atoms with E-state index in [-0.39, 0.29) is 0 Å². The van der Waals surface area contributed by atoms with Gasteiger partial charge in [-0.05, 0) is 37.5 Å². The lowest BCUT2D eigenvalue weighted by Crippen LogP contribution is -2.46. The number of rotatable bonds is 5. The molecule has 0 spiro atoms. The number of aliphatic imine (C=N–C) groups is 1. The lowest BCUT2D eigenvalue weighted by atomic mass is 9.67. The Morgan fingerprint density at radius 2 is 2.04 bits per heavy atom. The lowest BCUT2D eigenvalue weighted by Gasteiger charge is -2.41. The van der Waals surface area contributed by atoms with Gasteiger partial charge in [-0.2, -0.15) is 0 Å². The van der Waals surface area contributed by atoms with Gasteiger partial charge in [0.2, 0.25) is 0 Å². The summed E-state index contributed by atoms with van der Waals surface area (Å²) in [4.78, 5) is 4.35.